The van der Waals surface area contributed by atoms with Crippen molar-refractivity contribution in [2.24, 2.45) is 7.05 Å². The zero-order chi connectivity index (χ0) is 19.6. The highest BCUT2D eigenvalue weighted by Gasteiger charge is 2.20. The van der Waals surface area contributed by atoms with E-state index in [4.69, 9.17) is 0 Å². The smallest absolute Gasteiger partial charge is 0.278 e. The number of nitrogens with one attached hydrogen (secondary N) is 1. The SMILES string of the molecule is Cn1c(-c2cccnc2)nn(CCNS(=O)(=O)c2cc(F)ccc2F)c1=O. The molecule has 3 rings (SSSR count). The predicted molar refractivity (Wildman–Crippen MR) is 92.2 cm³/mol. The second kappa shape index (κ2) is 7.37. The molecule has 27 heavy (non-hydrogen) atoms. The molecule has 11 heteroatoms. The van der Waals surface area contributed by atoms with Gasteiger partial charge in [-0.05, 0) is 30.3 Å². The molecular formula is C16H15F2N5O3S. The summed E-state index contributed by atoms with van der Waals surface area (Å²) in [5.74, 6) is -1.58. The molecule has 0 aliphatic heterocycles. The number of sulfonamides is 1. The molecule has 142 valence electrons. The Morgan fingerprint density at radius 3 is 2.70 bits per heavy atom. The second-order valence-corrected chi connectivity index (χ2v) is 7.34. The van der Waals surface area contributed by atoms with Gasteiger partial charge in [-0.1, -0.05) is 0 Å². The topological polar surface area (TPSA) is 98.9 Å². The molecular weight excluding hydrogens is 380 g/mol. The van der Waals surface area contributed by atoms with Gasteiger partial charge in [0.05, 0.1) is 6.54 Å². The summed E-state index contributed by atoms with van der Waals surface area (Å²) in [6, 6.07) is 5.56. The first kappa shape index (κ1) is 18.9. The minimum absolute atomic E-state index is 0.0941. The lowest BCUT2D eigenvalue weighted by Gasteiger charge is -2.07. The van der Waals surface area contributed by atoms with Crippen LogP contribution in [-0.4, -0.2) is 34.3 Å². The van der Waals surface area contributed by atoms with E-state index >= 15 is 0 Å². The summed E-state index contributed by atoms with van der Waals surface area (Å²) in [6.07, 6.45) is 3.13. The van der Waals surface area contributed by atoms with Crippen LogP contribution in [0.1, 0.15) is 0 Å². The van der Waals surface area contributed by atoms with E-state index in [9.17, 15) is 22.0 Å². The lowest BCUT2D eigenvalue weighted by atomic mass is 10.3. The molecule has 0 saturated carbocycles. The van der Waals surface area contributed by atoms with E-state index in [1.54, 1.807) is 24.5 Å². The summed E-state index contributed by atoms with van der Waals surface area (Å²) < 4.78 is 55.6. The Morgan fingerprint density at radius 2 is 2.00 bits per heavy atom. The Morgan fingerprint density at radius 1 is 1.22 bits per heavy atom. The maximum atomic E-state index is 13.7. The standard InChI is InChI=1S/C16H15F2N5O3S/c1-22-15(11-3-2-6-19-10-11)21-23(16(22)24)8-7-20-27(25,26)14-9-12(17)4-5-13(14)18/h2-6,9-10,20H,7-8H2,1H3. The number of halogens is 2. The maximum absolute atomic E-state index is 13.7. The van der Waals surface area contributed by atoms with Crippen LogP contribution in [0.3, 0.4) is 0 Å². The Labute approximate surface area is 153 Å². The van der Waals surface area contributed by atoms with Crippen LogP contribution < -0.4 is 10.4 Å². The number of rotatable bonds is 6. The minimum atomic E-state index is -4.28. The third-order valence-electron chi connectivity index (χ3n) is 3.76. The summed E-state index contributed by atoms with van der Waals surface area (Å²) in [7, 11) is -2.75. The van der Waals surface area contributed by atoms with E-state index in [-0.39, 0.29) is 13.1 Å². The number of benzene rings is 1. The van der Waals surface area contributed by atoms with E-state index in [0.717, 1.165) is 16.8 Å². The van der Waals surface area contributed by atoms with Gasteiger partial charge in [-0.25, -0.2) is 31.4 Å². The quantitative estimate of drug-likeness (QED) is 0.669. The number of hydrogen-bond acceptors (Lipinski definition) is 5. The first-order chi connectivity index (χ1) is 12.8. The van der Waals surface area contributed by atoms with Crippen LogP contribution >= 0.6 is 0 Å². The Balaban J connectivity index is 1.76. The molecule has 0 saturated heterocycles. The van der Waals surface area contributed by atoms with Crippen LogP contribution in [0, 0.1) is 11.6 Å². The van der Waals surface area contributed by atoms with E-state index in [0.29, 0.717) is 17.5 Å². The molecule has 0 spiro atoms. The molecule has 0 aliphatic carbocycles. The molecule has 2 heterocycles. The molecule has 0 aliphatic rings. The molecule has 3 aromatic rings. The monoisotopic (exact) mass is 395 g/mol. The highest BCUT2D eigenvalue weighted by atomic mass is 32.2. The number of aromatic nitrogens is 4. The van der Waals surface area contributed by atoms with Crippen molar-refractivity contribution in [3.8, 4) is 11.4 Å². The molecule has 0 atom stereocenters. The van der Waals surface area contributed by atoms with Crippen molar-refractivity contribution < 1.29 is 17.2 Å². The molecule has 1 aromatic carbocycles. The minimum Gasteiger partial charge on any atom is -0.278 e. The van der Waals surface area contributed by atoms with Gasteiger partial charge in [-0.3, -0.25) is 9.55 Å². The van der Waals surface area contributed by atoms with Crippen molar-refractivity contribution in [1.29, 1.82) is 0 Å². The zero-order valence-electron chi connectivity index (χ0n) is 14.1. The van der Waals surface area contributed by atoms with Crippen LogP contribution in [0.5, 0.6) is 0 Å². The van der Waals surface area contributed by atoms with E-state index < -0.39 is 32.2 Å². The molecule has 0 unspecified atom stereocenters. The normalized spacial score (nSPS) is 11.7. The average molecular weight is 395 g/mol. The van der Waals surface area contributed by atoms with Crippen LogP contribution in [0.15, 0.2) is 52.4 Å². The van der Waals surface area contributed by atoms with Crippen molar-refractivity contribution in [3.05, 3.63) is 64.8 Å². The molecule has 0 radical (unpaired) electrons. The summed E-state index contributed by atoms with van der Waals surface area (Å²) in [6.45, 7) is -0.329. The summed E-state index contributed by atoms with van der Waals surface area (Å²) in [5, 5.41) is 4.16. The van der Waals surface area contributed by atoms with Crippen molar-refractivity contribution in [1.82, 2.24) is 24.1 Å². The van der Waals surface area contributed by atoms with Gasteiger partial charge in [0.15, 0.2) is 5.82 Å². The van der Waals surface area contributed by atoms with Crippen LogP contribution in [0.25, 0.3) is 11.4 Å². The van der Waals surface area contributed by atoms with E-state index in [1.807, 2.05) is 0 Å². The van der Waals surface area contributed by atoms with E-state index in [1.165, 1.54) is 11.6 Å². The highest BCUT2D eigenvalue weighted by molar-refractivity contribution is 7.89. The first-order valence-electron chi connectivity index (χ1n) is 7.78. The fraction of sp³-hybridized carbons (Fsp3) is 0.188. The maximum Gasteiger partial charge on any atom is 0.345 e. The lowest BCUT2D eigenvalue weighted by Crippen LogP contribution is -2.32. The summed E-state index contributed by atoms with van der Waals surface area (Å²) in [5.41, 5.74) is 0.170. The Kier molecular flexibility index (Phi) is 5.15. The largest absolute Gasteiger partial charge is 0.345 e. The van der Waals surface area contributed by atoms with Crippen LogP contribution in [0.2, 0.25) is 0 Å². The van der Waals surface area contributed by atoms with Crippen LogP contribution in [-0.2, 0) is 23.6 Å². The molecule has 0 fully saturated rings. The zero-order valence-corrected chi connectivity index (χ0v) is 14.9. The second-order valence-electron chi connectivity index (χ2n) is 5.60. The van der Waals surface area contributed by atoms with Crippen molar-refractivity contribution in [2.75, 3.05) is 6.54 Å². The van der Waals surface area contributed by atoms with Gasteiger partial charge in [-0.2, -0.15) is 0 Å². The Bertz CT molecular complexity index is 1130. The van der Waals surface area contributed by atoms with Gasteiger partial charge >= 0.3 is 5.69 Å². The molecule has 0 amide bonds. The van der Waals surface area contributed by atoms with Gasteiger partial charge < -0.3 is 0 Å². The third-order valence-corrected chi connectivity index (χ3v) is 5.24. The summed E-state index contributed by atoms with van der Waals surface area (Å²) in [4.78, 5) is 15.4. The third kappa shape index (κ3) is 3.93. The van der Waals surface area contributed by atoms with Crippen molar-refractivity contribution in [2.45, 2.75) is 11.4 Å². The van der Waals surface area contributed by atoms with Crippen molar-refractivity contribution >= 4 is 10.0 Å². The molecule has 1 N–H and O–H groups in total. The number of pyridine rings is 1. The summed E-state index contributed by atoms with van der Waals surface area (Å²) >= 11 is 0. The number of hydrogen-bond donors (Lipinski definition) is 1. The van der Waals surface area contributed by atoms with Crippen LogP contribution in [0.4, 0.5) is 8.78 Å². The fourth-order valence-electron chi connectivity index (χ4n) is 2.43. The molecule has 0 bridgehead atoms. The first-order valence-corrected chi connectivity index (χ1v) is 9.27. The van der Waals surface area contributed by atoms with Gasteiger partial charge in [0, 0.05) is 31.5 Å². The van der Waals surface area contributed by atoms with Gasteiger partial charge in [-0.15, -0.1) is 5.10 Å². The average Bonchev–Trinajstić information content (AvgIpc) is 2.93. The molecule has 2 aromatic heterocycles. The lowest BCUT2D eigenvalue weighted by molar-refractivity contribution is 0.533. The van der Waals surface area contributed by atoms with Gasteiger partial charge in [0.1, 0.15) is 16.5 Å². The number of nitrogens with zero attached hydrogens (tertiary/aromatic N) is 4. The van der Waals surface area contributed by atoms with Gasteiger partial charge in [0.2, 0.25) is 10.0 Å². The molecule has 8 nitrogen and oxygen atoms in total. The van der Waals surface area contributed by atoms with Crippen molar-refractivity contribution in [3.63, 3.8) is 0 Å². The highest BCUT2D eigenvalue weighted by Crippen LogP contribution is 2.15. The van der Waals surface area contributed by atoms with E-state index in [2.05, 4.69) is 14.8 Å². The fourth-order valence-corrected chi connectivity index (χ4v) is 3.53. The Hall–Kier alpha value is -2.92. The predicted octanol–water partition coefficient (Wildman–Crippen LogP) is 0.900. The van der Waals surface area contributed by atoms with Gasteiger partial charge in [0.25, 0.3) is 0 Å².